The van der Waals surface area contributed by atoms with Crippen LogP contribution in [0.2, 0.25) is 0 Å². The lowest BCUT2D eigenvalue weighted by Gasteiger charge is -2.29. The fourth-order valence-corrected chi connectivity index (χ4v) is 2.76. The minimum atomic E-state index is -1.04. The lowest BCUT2D eigenvalue weighted by Crippen LogP contribution is -2.44. The Bertz CT molecular complexity index is 773. The molecule has 0 saturated carbocycles. The first-order valence-electron chi connectivity index (χ1n) is 7.87. The summed E-state index contributed by atoms with van der Waals surface area (Å²) in [5.74, 6) is -1.50. The van der Waals surface area contributed by atoms with Crippen LogP contribution in [0.5, 0.6) is 0 Å². The summed E-state index contributed by atoms with van der Waals surface area (Å²) in [6.07, 6.45) is -0.519. The summed E-state index contributed by atoms with van der Waals surface area (Å²) < 4.78 is 26.9. The predicted octanol–water partition coefficient (Wildman–Crippen LogP) is 2.26. The number of halogens is 2. The second-order valence-corrected chi connectivity index (χ2v) is 6.33. The molecule has 0 fully saturated rings. The Labute approximate surface area is 138 Å². The van der Waals surface area contributed by atoms with Crippen molar-refractivity contribution in [2.75, 3.05) is 6.54 Å². The summed E-state index contributed by atoms with van der Waals surface area (Å²) >= 11 is 0. The van der Waals surface area contributed by atoms with Crippen LogP contribution < -0.4 is 0 Å². The normalized spacial score (nSPS) is 15.5. The Kier molecular flexibility index (Phi) is 4.36. The average molecular weight is 335 g/mol. The number of aliphatic hydroxyl groups is 1. The summed E-state index contributed by atoms with van der Waals surface area (Å²) in [5, 5.41) is 9.94. The summed E-state index contributed by atoms with van der Waals surface area (Å²) in [7, 11) is 0. The van der Waals surface area contributed by atoms with Crippen molar-refractivity contribution in [2.24, 2.45) is 5.92 Å². The van der Waals surface area contributed by atoms with Gasteiger partial charge in [0.1, 0.15) is 23.6 Å². The van der Waals surface area contributed by atoms with Crippen molar-refractivity contribution in [1.29, 1.82) is 0 Å². The molecule has 1 aromatic heterocycles. The Morgan fingerprint density at radius 3 is 2.79 bits per heavy atom. The molecule has 0 spiro atoms. The van der Waals surface area contributed by atoms with Gasteiger partial charge in [0.15, 0.2) is 0 Å². The minimum absolute atomic E-state index is 0.162. The number of rotatable bonds is 3. The highest BCUT2D eigenvalue weighted by Gasteiger charge is 2.29. The molecule has 128 valence electrons. The van der Waals surface area contributed by atoms with Gasteiger partial charge in [-0.2, -0.15) is 0 Å². The summed E-state index contributed by atoms with van der Waals surface area (Å²) in [5.41, 5.74) is 1.66. The van der Waals surface area contributed by atoms with Crippen molar-refractivity contribution >= 4 is 5.91 Å². The van der Waals surface area contributed by atoms with Crippen LogP contribution in [-0.4, -0.2) is 38.5 Å². The molecule has 1 atom stereocenters. The molecule has 5 nitrogen and oxygen atoms in total. The maximum atomic E-state index is 13.9. The summed E-state index contributed by atoms with van der Waals surface area (Å²) in [4.78, 5) is 21.2. The van der Waals surface area contributed by atoms with E-state index < -0.39 is 17.7 Å². The van der Waals surface area contributed by atoms with E-state index >= 15 is 0 Å². The number of benzene rings is 1. The van der Waals surface area contributed by atoms with Crippen molar-refractivity contribution in [2.45, 2.75) is 32.9 Å². The monoisotopic (exact) mass is 335 g/mol. The second kappa shape index (κ2) is 6.32. The topological polar surface area (TPSA) is 69.2 Å². The fraction of sp³-hybridized carbons (Fsp3) is 0.412. The number of nitrogens with one attached hydrogen (secondary N) is 1. The first-order chi connectivity index (χ1) is 11.4. The van der Waals surface area contributed by atoms with Crippen molar-refractivity contribution in [3.63, 3.8) is 0 Å². The van der Waals surface area contributed by atoms with E-state index in [1.165, 1.54) is 12.1 Å². The van der Waals surface area contributed by atoms with Gasteiger partial charge in [-0.05, 0) is 18.1 Å². The van der Waals surface area contributed by atoms with Gasteiger partial charge in [-0.1, -0.05) is 13.8 Å². The maximum Gasteiger partial charge on any atom is 0.252 e. The molecule has 1 aromatic carbocycles. The highest BCUT2D eigenvalue weighted by molar-refractivity contribution is 5.81. The first kappa shape index (κ1) is 16.6. The van der Waals surface area contributed by atoms with E-state index in [9.17, 15) is 18.7 Å². The molecule has 0 bridgehead atoms. The quantitative estimate of drug-likeness (QED) is 0.904. The molecule has 1 aliphatic rings. The standard InChI is InChI=1S/C17H19F2N3O2/c1-9(2)15(23)17(24)22-6-5-13-14(8-22)21-16(20-13)11-4-3-10(18)7-12(11)19/h3-4,7,9,15,23H,5-6,8H2,1-2H3,(H,20,21)/t15-/m0/s1. The van der Waals surface area contributed by atoms with Gasteiger partial charge in [-0.3, -0.25) is 4.79 Å². The number of imidazole rings is 1. The van der Waals surface area contributed by atoms with Crippen LogP contribution in [0.1, 0.15) is 25.2 Å². The Balaban J connectivity index is 1.84. The highest BCUT2D eigenvalue weighted by Crippen LogP contribution is 2.25. The Morgan fingerprint density at radius 2 is 2.12 bits per heavy atom. The van der Waals surface area contributed by atoms with E-state index in [1.807, 2.05) is 0 Å². The third kappa shape index (κ3) is 3.03. The zero-order chi connectivity index (χ0) is 17.4. The lowest BCUT2D eigenvalue weighted by molar-refractivity contribution is -0.143. The van der Waals surface area contributed by atoms with Crippen LogP contribution in [0.15, 0.2) is 18.2 Å². The highest BCUT2D eigenvalue weighted by atomic mass is 19.1. The van der Waals surface area contributed by atoms with Crippen LogP contribution in [-0.2, 0) is 17.8 Å². The molecule has 0 radical (unpaired) electrons. The number of aliphatic hydroxyl groups excluding tert-OH is 1. The molecule has 0 saturated heterocycles. The predicted molar refractivity (Wildman–Crippen MR) is 83.9 cm³/mol. The summed E-state index contributed by atoms with van der Waals surface area (Å²) in [6, 6.07) is 3.32. The molecular formula is C17H19F2N3O2. The largest absolute Gasteiger partial charge is 0.383 e. The number of H-pyrrole nitrogens is 1. The smallest absolute Gasteiger partial charge is 0.252 e. The van der Waals surface area contributed by atoms with Crippen LogP contribution >= 0.6 is 0 Å². The minimum Gasteiger partial charge on any atom is -0.383 e. The van der Waals surface area contributed by atoms with Crippen LogP contribution in [0.25, 0.3) is 11.4 Å². The molecule has 1 aliphatic heterocycles. The van der Waals surface area contributed by atoms with Crippen LogP contribution in [0.3, 0.4) is 0 Å². The zero-order valence-corrected chi connectivity index (χ0v) is 13.5. The first-order valence-corrected chi connectivity index (χ1v) is 7.87. The van der Waals surface area contributed by atoms with Crippen LogP contribution in [0, 0.1) is 17.6 Å². The Hall–Kier alpha value is -2.28. The van der Waals surface area contributed by atoms with Gasteiger partial charge in [-0.15, -0.1) is 0 Å². The van der Waals surface area contributed by atoms with E-state index in [0.29, 0.717) is 24.5 Å². The maximum absolute atomic E-state index is 13.9. The number of nitrogens with zero attached hydrogens (tertiary/aromatic N) is 2. The van der Waals surface area contributed by atoms with Gasteiger partial charge < -0.3 is 15.0 Å². The van der Waals surface area contributed by atoms with E-state index in [0.717, 1.165) is 11.8 Å². The van der Waals surface area contributed by atoms with Crippen molar-refractivity contribution < 1.29 is 18.7 Å². The van der Waals surface area contributed by atoms with Gasteiger partial charge in [0.2, 0.25) is 0 Å². The average Bonchev–Trinajstić information content (AvgIpc) is 2.95. The number of fused-ring (bicyclic) bond motifs is 1. The van der Waals surface area contributed by atoms with Gasteiger partial charge >= 0.3 is 0 Å². The molecule has 0 unspecified atom stereocenters. The van der Waals surface area contributed by atoms with E-state index in [4.69, 9.17) is 0 Å². The zero-order valence-electron chi connectivity index (χ0n) is 13.5. The molecule has 2 heterocycles. The molecule has 2 N–H and O–H groups in total. The van der Waals surface area contributed by atoms with E-state index in [1.54, 1.807) is 18.7 Å². The molecule has 0 aliphatic carbocycles. The number of hydrogen-bond acceptors (Lipinski definition) is 3. The third-order valence-corrected chi connectivity index (χ3v) is 4.21. The second-order valence-electron chi connectivity index (χ2n) is 6.33. The molecule has 7 heteroatoms. The number of hydrogen-bond donors (Lipinski definition) is 2. The SMILES string of the molecule is CC(C)[C@H](O)C(=O)N1CCc2nc(-c3ccc(F)cc3F)[nH]c2C1. The van der Waals surface area contributed by atoms with Crippen molar-refractivity contribution in [1.82, 2.24) is 14.9 Å². The van der Waals surface area contributed by atoms with Gasteiger partial charge in [0, 0.05) is 19.0 Å². The molecule has 24 heavy (non-hydrogen) atoms. The van der Waals surface area contributed by atoms with Gasteiger partial charge in [-0.25, -0.2) is 13.8 Å². The van der Waals surface area contributed by atoms with Gasteiger partial charge in [0.05, 0.1) is 23.5 Å². The number of aromatic amines is 1. The Morgan fingerprint density at radius 1 is 1.38 bits per heavy atom. The molecule has 2 aromatic rings. The molecule has 1 amide bonds. The van der Waals surface area contributed by atoms with Crippen molar-refractivity contribution in [3.05, 3.63) is 41.2 Å². The number of aromatic nitrogens is 2. The van der Waals surface area contributed by atoms with Crippen molar-refractivity contribution in [3.8, 4) is 11.4 Å². The third-order valence-electron chi connectivity index (χ3n) is 4.21. The van der Waals surface area contributed by atoms with E-state index in [2.05, 4.69) is 9.97 Å². The lowest BCUT2D eigenvalue weighted by atomic mass is 10.0. The molecular weight excluding hydrogens is 316 g/mol. The molecule has 3 rings (SSSR count). The number of carbonyl (C=O) groups excluding carboxylic acids is 1. The number of carbonyl (C=O) groups is 1. The summed E-state index contributed by atoms with van der Waals surface area (Å²) in [6.45, 7) is 4.30. The fourth-order valence-electron chi connectivity index (χ4n) is 2.76. The van der Waals surface area contributed by atoms with E-state index in [-0.39, 0.29) is 23.9 Å². The van der Waals surface area contributed by atoms with Gasteiger partial charge in [0.25, 0.3) is 5.91 Å². The number of amides is 1. The van der Waals surface area contributed by atoms with Crippen LogP contribution in [0.4, 0.5) is 8.78 Å².